The Hall–Kier alpha value is -1.13. The minimum absolute atomic E-state index is 0.00125. The van der Waals surface area contributed by atoms with Crippen molar-refractivity contribution >= 4 is 40.3 Å². The van der Waals surface area contributed by atoms with E-state index in [0.29, 0.717) is 9.23 Å². The van der Waals surface area contributed by atoms with Crippen molar-refractivity contribution in [3.05, 3.63) is 40.8 Å². The average molecular weight is 277 g/mol. The summed E-state index contributed by atoms with van der Waals surface area (Å²) in [4.78, 5) is 14.7. The third kappa shape index (κ3) is 2.65. The topological polar surface area (TPSA) is 20.3 Å². The largest absolute Gasteiger partial charge is 0.288 e. The zero-order valence-electron chi connectivity index (χ0n) is 10.6. The van der Waals surface area contributed by atoms with E-state index in [1.54, 1.807) is 4.90 Å². The standard InChI is InChI=1S/C14H15NOS2/c1-14(2,3)15-12(16)11(18-13(15)17)9-10-7-5-4-6-8-10/h4-9H,1-3H3/b11-9+. The van der Waals surface area contributed by atoms with Crippen LogP contribution in [0.3, 0.4) is 0 Å². The van der Waals surface area contributed by atoms with E-state index in [-0.39, 0.29) is 11.4 Å². The fourth-order valence-corrected chi connectivity index (χ4v) is 3.38. The molecule has 94 valence electrons. The van der Waals surface area contributed by atoms with E-state index >= 15 is 0 Å². The lowest BCUT2D eigenvalue weighted by Gasteiger charge is -2.30. The molecule has 0 bridgehead atoms. The van der Waals surface area contributed by atoms with Crippen molar-refractivity contribution in [1.82, 2.24) is 4.90 Å². The number of rotatable bonds is 1. The van der Waals surface area contributed by atoms with Crippen LogP contribution in [0.1, 0.15) is 26.3 Å². The second-order valence-electron chi connectivity index (χ2n) is 5.10. The monoisotopic (exact) mass is 277 g/mol. The van der Waals surface area contributed by atoms with Gasteiger partial charge in [-0.2, -0.15) is 0 Å². The maximum atomic E-state index is 12.3. The van der Waals surface area contributed by atoms with Crippen LogP contribution in [0.2, 0.25) is 0 Å². The molecule has 0 radical (unpaired) electrons. The normalized spacial score (nSPS) is 18.8. The molecule has 0 spiro atoms. The zero-order valence-corrected chi connectivity index (χ0v) is 12.3. The molecule has 0 saturated carbocycles. The maximum Gasteiger partial charge on any atom is 0.266 e. The molecule has 1 fully saturated rings. The Morgan fingerprint density at radius 3 is 2.33 bits per heavy atom. The van der Waals surface area contributed by atoms with E-state index in [1.807, 2.05) is 57.2 Å². The van der Waals surface area contributed by atoms with E-state index in [1.165, 1.54) is 11.8 Å². The van der Waals surface area contributed by atoms with Gasteiger partial charge in [-0.25, -0.2) is 0 Å². The lowest BCUT2D eigenvalue weighted by molar-refractivity contribution is -0.125. The number of carbonyl (C=O) groups excluding carboxylic acids is 1. The second kappa shape index (κ2) is 4.86. The van der Waals surface area contributed by atoms with Gasteiger partial charge in [0.1, 0.15) is 4.32 Å². The van der Waals surface area contributed by atoms with Gasteiger partial charge >= 0.3 is 0 Å². The van der Waals surface area contributed by atoms with E-state index in [0.717, 1.165) is 5.56 Å². The van der Waals surface area contributed by atoms with Crippen molar-refractivity contribution in [3.8, 4) is 0 Å². The summed E-state index contributed by atoms with van der Waals surface area (Å²) in [5.41, 5.74) is 0.750. The first-order valence-electron chi connectivity index (χ1n) is 5.73. The van der Waals surface area contributed by atoms with Crippen LogP contribution in [0.4, 0.5) is 0 Å². The number of hydrogen-bond acceptors (Lipinski definition) is 3. The van der Waals surface area contributed by atoms with Gasteiger partial charge in [-0.1, -0.05) is 54.3 Å². The Balaban J connectivity index is 2.32. The Kier molecular flexibility index (Phi) is 3.59. The maximum absolute atomic E-state index is 12.3. The van der Waals surface area contributed by atoms with Crippen LogP contribution in [0.5, 0.6) is 0 Å². The number of nitrogens with zero attached hydrogens (tertiary/aromatic N) is 1. The molecular weight excluding hydrogens is 262 g/mol. The molecule has 2 rings (SSSR count). The molecule has 0 N–H and O–H groups in total. The molecule has 2 nitrogen and oxygen atoms in total. The van der Waals surface area contributed by atoms with Gasteiger partial charge in [0, 0.05) is 5.54 Å². The van der Waals surface area contributed by atoms with E-state index in [4.69, 9.17) is 12.2 Å². The van der Waals surface area contributed by atoms with Crippen molar-refractivity contribution in [3.63, 3.8) is 0 Å². The van der Waals surface area contributed by atoms with Crippen LogP contribution in [-0.4, -0.2) is 20.7 Å². The van der Waals surface area contributed by atoms with Gasteiger partial charge in [0.05, 0.1) is 4.91 Å². The summed E-state index contributed by atoms with van der Waals surface area (Å²) in [7, 11) is 0. The Morgan fingerprint density at radius 2 is 1.83 bits per heavy atom. The number of thiocarbonyl (C=S) groups is 1. The van der Waals surface area contributed by atoms with Gasteiger partial charge < -0.3 is 0 Å². The van der Waals surface area contributed by atoms with Crippen LogP contribution in [0.25, 0.3) is 6.08 Å². The second-order valence-corrected chi connectivity index (χ2v) is 6.77. The summed E-state index contributed by atoms with van der Waals surface area (Å²) < 4.78 is 0.634. The summed E-state index contributed by atoms with van der Waals surface area (Å²) in [5.74, 6) is 0.00125. The molecular formula is C14H15NOS2. The Labute approximate surface area is 117 Å². The smallest absolute Gasteiger partial charge is 0.266 e. The zero-order chi connectivity index (χ0) is 13.3. The summed E-state index contributed by atoms with van der Waals surface area (Å²) in [6, 6.07) is 9.82. The van der Waals surface area contributed by atoms with Gasteiger partial charge in [0.2, 0.25) is 0 Å². The highest BCUT2D eigenvalue weighted by atomic mass is 32.2. The third-order valence-electron chi connectivity index (χ3n) is 2.56. The van der Waals surface area contributed by atoms with Gasteiger partial charge in [-0.15, -0.1) is 0 Å². The molecule has 1 aliphatic rings. The molecule has 0 aliphatic carbocycles. The van der Waals surface area contributed by atoms with E-state index in [2.05, 4.69) is 0 Å². The minimum atomic E-state index is -0.270. The molecule has 1 aliphatic heterocycles. The summed E-state index contributed by atoms with van der Waals surface area (Å²) >= 11 is 6.66. The van der Waals surface area contributed by atoms with Crippen molar-refractivity contribution in [2.24, 2.45) is 0 Å². The van der Waals surface area contributed by atoms with Crippen molar-refractivity contribution in [2.45, 2.75) is 26.3 Å². The molecule has 1 heterocycles. The highest BCUT2D eigenvalue weighted by Crippen LogP contribution is 2.36. The predicted molar refractivity (Wildman–Crippen MR) is 81.2 cm³/mol. The van der Waals surface area contributed by atoms with E-state index in [9.17, 15) is 4.79 Å². The molecule has 18 heavy (non-hydrogen) atoms. The number of thioether (sulfide) groups is 1. The van der Waals surface area contributed by atoms with Gasteiger partial charge in [0.25, 0.3) is 5.91 Å². The van der Waals surface area contributed by atoms with Gasteiger partial charge in [-0.3, -0.25) is 9.69 Å². The highest BCUT2D eigenvalue weighted by Gasteiger charge is 2.38. The van der Waals surface area contributed by atoms with Crippen LogP contribution >= 0.6 is 24.0 Å². The van der Waals surface area contributed by atoms with Gasteiger partial charge in [0.15, 0.2) is 0 Å². The SMILES string of the molecule is CC(C)(C)N1C(=O)/C(=C\c2ccccc2)SC1=S. The minimum Gasteiger partial charge on any atom is -0.288 e. The number of hydrogen-bond donors (Lipinski definition) is 0. The van der Waals surface area contributed by atoms with Crippen LogP contribution in [0.15, 0.2) is 35.2 Å². The fourth-order valence-electron chi connectivity index (χ4n) is 1.75. The van der Waals surface area contributed by atoms with Crippen molar-refractivity contribution < 1.29 is 4.79 Å². The molecule has 1 aromatic carbocycles. The van der Waals surface area contributed by atoms with Crippen molar-refractivity contribution in [1.29, 1.82) is 0 Å². The van der Waals surface area contributed by atoms with Crippen molar-refractivity contribution in [2.75, 3.05) is 0 Å². The molecule has 1 amide bonds. The Bertz CT molecular complexity index is 514. The first kappa shape index (κ1) is 13.3. The molecule has 1 saturated heterocycles. The summed E-state index contributed by atoms with van der Waals surface area (Å²) in [6.45, 7) is 5.97. The summed E-state index contributed by atoms with van der Waals surface area (Å²) in [5, 5.41) is 0. The average Bonchev–Trinajstić information content (AvgIpc) is 2.54. The lowest BCUT2D eigenvalue weighted by atomic mass is 10.1. The molecule has 1 aromatic rings. The first-order valence-corrected chi connectivity index (χ1v) is 6.95. The first-order chi connectivity index (χ1) is 8.39. The summed E-state index contributed by atoms with van der Waals surface area (Å²) in [6.07, 6.45) is 1.89. The van der Waals surface area contributed by atoms with Crippen LogP contribution in [0, 0.1) is 0 Å². The van der Waals surface area contributed by atoms with E-state index < -0.39 is 0 Å². The van der Waals surface area contributed by atoms with Gasteiger partial charge in [-0.05, 0) is 32.4 Å². The Morgan fingerprint density at radius 1 is 1.22 bits per heavy atom. The lowest BCUT2D eigenvalue weighted by Crippen LogP contribution is -2.44. The quantitative estimate of drug-likeness (QED) is 0.577. The number of carbonyl (C=O) groups is 1. The number of benzene rings is 1. The third-order valence-corrected chi connectivity index (χ3v) is 3.86. The highest BCUT2D eigenvalue weighted by molar-refractivity contribution is 8.26. The molecule has 0 aromatic heterocycles. The van der Waals surface area contributed by atoms with Crippen LogP contribution in [-0.2, 0) is 4.79 Å². The fraction of sp³-hybridized carbons (Fsp3) is 0.286. The molecule has 0 unspecified atom stereocenters. The molecule has 0 atom stereocenters. The predicted octanol–water partition coefficient (Wildman–Crippen LogP) is 3.69. The molecule has 4 heteroatoms. The number of amides is 1. The van der Waals surface area contributed by atoms with Crippen LogP contribution < -0.4 is 0 Å².